The average Bonchev–Trinajstić information content (AvgIpc) is 2.14. The van der Waals surface area contributed by atoms with Gasteiger partial charge in [0.15, 0.2) is 6.29 Å². The molecule has 0 amide bonds. The van der Waals surface area contributed by atoms with Gasteiger partial charge in [0.05, 0.1) is 5.56 Å². The highest BCUT2D eigenvalue weighted by molar-refractivity contribution is 7.13. The second kappa shape index (κ2) is 5.13. The summed E-state index contributed by atoms with van der Waals surface area (Å²) in [6, 6.07) is 2.35. The quantitative estimate of drug-likeness (QED) is 0.614. The molecule has 1 N–H and O–H groups in total. The van der Waals surface area contributed by atoms with Crippen LogP contribution in [0.1, 0.15) is 15.9 Å². The summed E-state index contributed by atoms with van der Waals surface area (Å²) in [6.07, 6.45) is 0.693. The molecule has 1 atom stereocenters. The summed E-state index contributed by atoms with van der Waals surface area (Å²) in [5.74, 6) is -1.61. The first-order valence-corrected chi connectivity index (χ1v) is 4.63. The fourth-order valence-electron chi connectivity index (χ4n) is 1.11. The van der Waals surface area contributed by atoms with Gasteiger partial charge in [-0.2, -0.15) is 0 Å². The summed E-state index contributed by atoms with van der Waals surface area (Å²) >= 11 is 0. The Morgan fingerprint density at radius 3 is 2.36 bits per heavy atom. The number of carbonyl (C=O) groups excluding carboxylic acids is 1. The maximum absolute atomic E-state index is 13.0. The van der Waals surface area contributed by atoms with Crippen molar-refractivity contribution in [3.05, 3.63) is 34.9 Å². The van der Waals surface area contributed by atoms with Gasteiger partial charge in [-0.1, -0.05) is 9.39 Å². The lowest BCUT2D eigenvalue weighted by atomic mass is 10.1. The molecular formula is C9H10F2NOP. The first-order valence-electron chi connectivity index (χ1n) is 4.05. The molecule has 2 nitrogen and oxygen atoms in total. The minimum absolute atomic E-state index is 0.183. The zero-order valence-corrected chi connectivity index (χ0v) is 8.54. The monoisotopic (exact) mass is 217 g/mol. The molecule has 0 heterocycles. The zero-order chi connectivity index (χ0) is 10.6. The van der Waals surface area contributed by atoms with E-state index in [4.69, 9.17) is 0 Å². The van der Waals surface area contributed by atoms with E-state index in [1.165, 1.54) is 12.1 Å². The predicted molar refractivity (Wildman–Crippen MR) is 53.2 cm³/mol. The third-order valence-electron chi connectivity index (χ3n) is 1.81. The average molecular weight is 217 g/mol. The van der Waals surface area contributed by atoms with Crippen molar-refractivity contribution in [2.45, 2.75) is 6.42 Å². The number of halogens is 2. The Bertz CT molecular complexity index is 321. The maximum atomic E-state index is 13.0. The van der Waals surface area contributed by atoms with Crippen molar-refractivity contribution in [1.29, 1.82) is 0 Å². The molecule has 1 unspecified atom stereocenters. The van der Waals surface area contributed by atoms with Crippen LogP contribution in [0, 0.1) is 11.6 Å². The number of nitrogens with one attached hydrogen (secondary N) is 1. The Balaban J connectivity index is 2.95. The summed E-state index contributed by atoms with van der Waals surface area (Å²) in [5.41, 5.74) is 0.0214. The molecule has 0 radical (unpaired) electrons. The molecule has 5 heteroatoms. The molecule has 0 aliphatic heterocycles. The normalized spacial score (nSPS) is 10.2. The predicted octanol–water partition coefficient (Wildman–Crippen LogP) is 1.70. The Kier molecular flexibility index (Phi) is 4.11. The number of rotatable bonds is 4. The first-order chi connectivity index (χ1) is 6.69. The van der Waals surface area contributed by atoms with E-state index in [2.05, 4.69) is 14.5 Å². The maximum Gasteiger partial charge on any atom is 0.155 e. The topological polar surface area (TPSA) is 29.1 Å². The lowest BCUT2D eigenvalue weighted by Crippen LogP contribution is -2.05. The molecule has 76 valence electrons. The van der Waals surface area contributed by atoms with Gasteiger partial charge in [-0.15, -0.1) is 0 Å². The lowest BCUT2D eigenvalue weighted by Gasteiger charge is -2.03. The summed E-state index contributed by atoms with van der Waals surface area (Å²) in [7, 11) is 2.30. The molecule has 0 aliphatic rings. The van der Waals surface area contributed by atoms with Gasteiger partial charge < -0.3 is 5.09 Å². The van der Waals surface area contributed by atoms with E-state index in [1.807, 2.05) is 0 Å². The molecular weight excluding hydrogens is 207 g/mol. The molecule has 0 aliphatic carbocycles. The number of hydrogen-bond acceptors (Lipinski definition) is 2. The Morgan fingerprint density at radius 1 is 1.36 bits per heavy atom. The Hall–Kier alpha value is -0.860. The van der Waals surface area contributed by atoms with E-state index in [9.17, 15) is 13.6 Å². The van der Waals surface area contributed by atoms with Crippen molar-refractivity contribution < 1.29 is 13.6 Å². The molecule has 1 aromatic rings. The van der Waals surface area contributed by atoms with Gasteiger partial charge in [-0.05, 0) is 24.1 Å². The van der Waals surface area contributed by atoms with Gasteiger partial charge in [0.25, 0.3) is 0 Å². The van der Waals surface area contributed by atoms with Crippen LogP contribution in [-0.4, -0.2) is 12.8 Å². The molecule has 0 saturated carbocycles. The highest BCUT2D eigenvalue weighted by atomic mass is 31.0. The third-order valence-corrected chi connectivity index (χ3v) is 2.10. The van der Waals surface area contributed by atoms with Crippen molar-refractivity contribution in [3.8, 4) is 0 Å². The largest absolute Gasteiger partial charge is 0.300 e. The van der Waals surface area contributed by atoms with Gasteiger partial charge in [0, 0.05) is 6.54 Å². The molecule has 14 heavy (non-hydrogen) atoms. The van der Waals surface area contributed by atoms with Gasteiger partial charge in [-0.25, -0.2) is 8.78 Å². The van der Waals surface area contributed by atoms with Crippen molar-refractivity contribution in [3.63, 3.8) is 0 Å². The van der Waals surface area contributed by atoms with Crippen LogP contribution in [-0.2, 0) is 6.42 Å². The highest BCUT2D eigenvalue weighted by Gasteiger charge is 2.09. The Morgan fingerprint density at radius 2 is 1.93 bits per heavy atom. The molecule has 0 spiro atoms. The van der Waals surface area contributed by atoms with Crippen LogP contribution in [0.4, 0.5) is 8.78 Å². The van der Waals surface area contributed by atoms with E-state index in [0.29, 0.717) is 18.5 Å². The minimum atomic E-state index is -0.807. The van der Waals surface area contributed by atoms with E-state index >= 15 is 0 Å². The molecule has 0 bridgehead atoms. The fraction of sp³-hybridized carbons (Fsp3) is 0.222. The van der Waals surface area contributed by atoms with Crippen molar-refractivity contribution in [1.82, 2.24) is 5.09 Å². The molecule has 1 aromatic carbocycles. The van der Waals surface area contributed by atoms with E-state index < -0.39 is 17.2 Å². The number of aldehydes is 1. The summed E-state index contributed by atoms with van der Waals surface area (Å²) in [6.45, 7) is 0.601. The van der Waals surface area contributed by atoms with Crippen molar-refractivity contribution in [2.24, 2.45) is 0 Å². The second-order valence-electron chi connectivity index (χ2n) is 2.80. The van der Waals surface area contributed by atoms with Gasteiger partial charge in [-0.3, -0.25) is 4.79 Å². The molecule has 1 rings (SSSR count). The van der Waals surface area contributed by atoms with Crippen LogP contribution in [0.2, 0.25) is 0 Å². The van der Waals surface area contributed by atoms with E-state index in [-0.39, 0.29) is 6.29 Å². The number of carbonyl (C=O) groups is 1. The van der Waals surface area contributed by atoms with Crippen LogP contribution in [0.15, 0.2) is 12.1 Å². The van der Waals surface area contributed by atoms with Crippen LogP contribution in [0.5, 0.6) is 0 Å². The lowest BCUT2D eigenvalue weighted by molar-refractivity contribution is 0.111. The van der Waals surface area contributed by atoms with Crippen LogP contribution in [0.25, 0.3) is 0 Å². The van der Waals surface area contributed by atoms with Crippen LogP contribution < -0.4 is 5.09 Å². The summed E-state index contributed by atoms with van der Waals surface area (Å²) in [4.78, 5) is 10.3. The molecule has 0 aromatic heterocycles. The highest BCUT2D eigenvalue weighted by Crippen LogP contribution is 2.13. The van der Waals surface area contributed by atoms with Gasteiger partial charge in [0.2, 0.25) is 0 Å². The van der Waals surface area contributed by atoms with E-state index in [0.717, 1.165) is 0 Å². The smallest absolute Gasteiger partial charge is 0.155 e. The SMILES string of the molecule is O=Cc1c(F)cc(CCNP)cc1F. The first kappa shape index (κ1) is 11.2. The molecule has 0 saturated heterocycles. The van der Waals surface area contributed by atoms with E-state index in [1.54, 1.807) is 0 Å². The minimum Gasteiger partial charge on any atom is -0.300 e. The number of hydrogen-bond donors (Lipinski definition) is 1. The zero-order valence-electron chi connectivity index (χ0n) is 7.39. The molecule has 0 fully saturated rings. The Labute approximate surface area is 83.0 Å². The fourth-order valence-corrected chi connectivity index (χ4v) is 1.25. The summed E-state index contributed by atoms with van der Waals surface area (Å²) < 4.78 is 26.1. The number of benzene rings is 1. The van der Waals surface area contributed by atoms with Crippen LogP contribution >= 0.6 is 9.39 Å². The van der Waals surface area contributed by atoms with Crippen molar-refractivity contribution >= 4 is 15.7 Å². The standard InChI is InChI=1S/C9H10F2NOP/c10-8-3-6(1-2-12-14)4-9(11)7(8)5-13/h3-5,12H,1-2,14H2. The van der Waals surface area contributed by atoms with Crippen molar-refractivity contribution in [2.75, 3.05) is 6.54 Å². The van der Waals surface area contributed by atoms with Gasteiger partial charge in [0.1, 0.15) is 11.6 Å². The van der Waals surface area contributed by atoms with Gasteiger partial charge >= 0.3 is 0 Å². The third kappa shape index (κ3) is 2.56. The summed E-state index contributed by atoms with van der Waals surface area (Å²) in [5, 5.41) is 2.79. The van der Waals surface area contributed by atoms with Crippen LogP contribution in [0.3, 0.4) is 0 Å². The second-order valence-corrected chi connectivity index (χ2v) is 3.20.